The lowest BCUT2D eigenvalue weighted by molar-refractivity contribution is -0.181. The number of nitrogens with zero attached hydrogens (tertiary/aromatic N) is 2. The van der Waals surface area contributed by atoms with Crippen LogP contribution in [0.1, 0.15) is 64.2 Å². The van der Waals surface area contributed by atoms with Crippen LogP contribution in [-0.2, 0) is 4.79 Å². The lowest BCUT2D eigenvalue weighted by Crippen LogP contribution is -2.56. The normalized spacial score (nSPS) is 14.4. The minimum atomic E-state index is -1.21. The van der Waals surface area contributed by atoms with Crippen molar-refractivity contribution in [1.29, 1.82) is 0 Å². The molecule has 1 aliphatic heterocycles. The van der Waals surface area contributed by atoms with E-state index in [1.807, 2.05) is 67.6 Å². The molecule has 0 unspecified atom stereocenters. The molecule has 0 fully saturated rings. The fraction of sp³-hybridized carbons (Fsp3) is 0.250. The van der Waals surface area contributed by atoms with Crippen molar-refractivity contribution >= 4 is 17.7 Å². The number of carbonyl (C=O) groups excluding carboxylic acids is 3. The SMILES string of the molecule is Cc1ccc2c(c1)C(=O)N([C@H](C(=O)N(O)C(c1ccccc1)c1ccccc1)C(C)(C)C)C2=O. The van der Waals surface area contributed by atoms with Crippen molar-refractivity contribution in [3.8, 4) is 0 Å². The topological polar surface area (TPSA) is 77.9 Å². The number of hydrogen-bond donors (Lipinski definition) is 1. The van der Waals surface area contributed by atoms with Crippen molar-refractivity contribution in [2.24, 2.45) is 5.41 Å². The summed E-state index contributed by atoms with van der Waals surface area (Å²) in [7, 11) is 0. The summed E-state index contributed by atoms with van der Waals surface area (Å²) in [5.74, 6) is -1.78. The number of hydroxylamine groups is 2. The molecule has 4 rings (SSSR count). The Morgan fingerprint density at radius 2 is 1.32 bits per heavy atom. The molecule has 3 aromatic carbocycles. The van der Waals surface area contributed by atoms with Crippen LogP contribution in [-0.4, -0.2) is 38.9 Å². The van der Waals surface area contributed by atoms with Crippen LogP contribution in [0.4, 0.5) is 0 Å². The largest absolute Gasteiger partial charge is 0.285 e. The van der Waals surface area contributed by atoms with Gasteiger partial charge in [-0.2, -0.15) is 0 Å². The lowest BCUT2D eigenvalue weighted by atomic mass is 9.84. The summed E-state index contributed by atoms with van der Waals surface area (Å²) in [5.41, 5.74) is 1.96. The van der Waals surface area contributed by atoms with Crippen LogP contribution in [0.2, 0.25) is 0 Å². The third-order valence-electron chi connectivity index (χ3n) is 6.09. The van der Waals surface area contributed by atoms with Crippen LogP contribution >= 0.6 is 0 Å². The Labute approximate surface area is 199 Å². The van der Waals surface area contributed by atoms with Crippen LogP contribution < -0.4 is 0 Å². The molecule has 1 atom stereocenters. The van der Waals surface area contributed by atoms with Crippen LogP contribution in [0.15, 0.2) is 78.9 Å². The zero-order valence-corrected chi connectivity index (χ0v) is 19.7. The molecule has 6 nitrogen and oxygen atoms in total. The van der Waals surface area contributed by atoms with Crippen LogP contribution in [0.25, 0.3) is 0 Å². The molecule has 0 saturated heterocycles. The lowest BCUT2D eigenvalue weighted by Gasteiger charge is -2.39. The second-order valence-electron chi connectivity index (χ2n) is 9.70. The third kappa shape index (κ3) is 4.13. The molecule has 0 saturated carbocycles. The Kier molecular flexibility index (Phi) is 6.11. The number of benzene rings is 3. The van der Waals surface area contributed by atoms with E-state index in [9.17, 15) is 19.6 Å². The molecule has 1 N–H and O–H groups in total. The van der Waals surface area contributed by atoms with Crippen molar-refractivity contribution in [1.82, 2.24) is 9.96 Å². The molecule has 0 aliphatic carbocycles. The van der Waals surface area contributed by atoms with E-state index in [-0.39, 0.29) is 11.1 Å². The maximum Gasteiger partial charge on any atom is 0.270 e. The Bertz CT molecular complexity index is 1190. The average molecular weight is 457 g/mol. The van der Waals surface area contributed by atoms with E-state index in [2.05, 4.69) is 0 Å². The van der Waals surface area contributed by atoms with Gasteiger partial charge in [-0.3, -0.25) is 24.5 Å². The van der Waals surface area contributed by atoms with Gasteiger partial charge in [0.05, 0.1) is 11.1 Å². The molecule has 0 spiro atoms. The second-order valence-corrected chi connectivity index (χ2v) is 9.70. The van der Waals surface area contributed by atoms with Gasteiger partial charge >= 0.3 is 0 Å². The zero-order chi connectivity index (χ0) is 24.6. The molecule has 1 aliphatic rings. The second kappa shape index (κ2) is 8.88. The van der Waals surface area contributed by atoms with E-state index in [0.717, 1.165) is 10.5 Å². The quantitative estimate of drug-likeness (QED) is 0.332. The molecule has 0 radical (unpaired) electrons. The standard InChI is InChI=1S/C28H28N2O4/c1-18-15-16-21-22(17-18)26(32)29(25(21)31)24(28(2,3)4)27(33)30(34)23(19-11-7-5-8-12-19)20-13-9-6-10-14-20/h5-17,23-24,34H,1-4H3/t24-/m1/s1. The van der Waals surface area contributed by atoms with Crippen LogP contribution in [0, 0.1) is 12.3 Å². The summed E-state index contributed by atoms with van der Waals surface area (Å²) < 4.78 is 0. The molecule has 0 bridgehead atoms. The predicted octanol–water partition coefficient (Wildman–Crippen LogP) is 5.01. The first-order valence-corrected chi connectivity index (χ1v) is 11.2. The number of amides is 3. The van der Waals surface area contributed by atoms with Crippen LogP contribution in [0.5, 0.6) is 0 Å². The van der Waals surface area contributed by atoms with E-state index in [0.29, 0.717) is 16.2 Å². The highest BCUT2D eigenvalue weighted by Crippen LogP contribution is 2.36. The number of aryl methyl sites for hydroxylation is 1. The molecule has 3 amide bonds. The smallest absolute Gasteiger partial charge is 0.270 e. The average Bonchev–Trinajstić information content (AvgIpc) is 3.04. The van der Waals surface area contributed by atoms with E-state index in [4.69, 9.17) is 0 Å². The molecule has 0 aromatic heterocycles. The molecular weight excluding hydrogens is 428 g/mol. The Morgan fingerprint density at radius 1 is 0.824 bits per heavy atom. The summed E-state index contributed by atoms with van der Waals surface area (Å²) in [6.07, 6.45) is 0. The Morgan fingerprint density at radius 3 is 1.82 bits per heavy atom. The van der Waals surface area contributed by atoms with Crippen molar-refractivity contribution in [2.45, 2.75) is 39.8 Å². The summed E-state index contributed by atoms with van der Waals surface area (Å²) in [6.45, 7) is 7.17. The Balaban J connectivity index is 1.77. The maximum atomic E-state index is 13.9. The van der Waals surface area contributed by atoms with Gasteiger partial charge in [0, 0.05) is 0 Å². The molecule has 1 heterocycles. The molecule has 174 valence electrons. The summed E-state index contributed by atoms with van der Waals surface area (Å²) in [6, 6.07) is 21.4. The van der Waals surface area contributed by atoms with Gasteiger partial charge in [0.25, 0.3) is 17.7 Å². The maximum absolute atomic E-state index is 13.9. The van der Waals surface area contributed by atoms with Gasteiger partial charge in [-0.25, -0.2) is 5.06 Å². The highest BCUT2D eigenvalue weighted by atomic mass is 16.5. The fourth-order valence-corrected chi connectivity index (χ4v) is 4.47. The minimum Gasteiger partial charge on any atom is -0.285 e. The molecule has 6 heteroatoms. The summed E-state index contributed by atoms with van der Waals surface area (Å²) in [4.78, 5) is 41.5. The number of rotatable bonds is 5. The number of carbonyl (C=O) groups is 3. The van der Waals surface area contributed by atoms with E-state index < -0.39 is 35.2 Å². The van der Waals surface area contributed by atoms with Gasteiger partial charge < -0.3 is 0 Å². The van der Waals surface area contributed by atoms with Crippen molar-refractivity contribution in [2.75, 3.05) is 0 Å². The van der Waals surface area contributed by atoms with Crippen molar-refractivity contribution < 1.29 is 19.6 Å². The van der Waals surface area contributed by atoms with E-state index in [1.165, 1.54) is 0 Å². The third-order valence-corrected chi connectivity index (χ3v) is 6.09. The van der Waals surface area contributed by atoms with Crippen LogP contribution in [0.3, 0.4) is 0 Å². The monoisotopic (exact) mass is 456 g/mol. The molecule has 3 aromatic rings. The van der Waals surface area contributed by atoms with Crippen molar-refractivity contribution in [3.63, 3.8) is 0 Å². The highest BCUT2D eigenvalue weighted by Gasteiger charge is 2.49. The van der Waals surface area contributed by atoms with Gasteiger partial charge in [0.1, 0.15) is 12.1 Å². The van der Waals surface area contributed by atoms with E-state index in [1.54, 1.807) is 39.0 Å². The number of fused-ring (bicyclic) bond motifs is 1. The summed E-state index contributed by atoms with van der Waals surface area (Å²) in [5, 5.41) is 12.0. The highest BCUT2D eigenvalue weighted by molar-refractivity contribution is 6.23. The predicted molar refractivity (Wildman–Crippen MR) is 128 cm³/mol. The number of hydrogen-bond acceptors (Lipinski definition) is 4. The van der Waals surface area contributed by atoms with E-state index >= 15 is 0 Å². The first kappa shape index (κ1) is 23.4. The first-order valence-electron chi connectivity index (χ1n) is 11.2. The van der Waals surface area contributed by atoms with Gasteiger partial charge in [0.15, 0.2) is 0 Å². The van der Waals surface area contributed by atoms with Gasteiger partial charge in [-0.05, 0) is 35.6 Å². The van der Waals surface area contributed by atoms with Gasteiger partial charge in [-0.1, -0.05) is 93.1 Å². The minimum absolute atomic E-state index is 0.268. The molecular formula is C28H28N2O4. The zero-order valence-electron chi connectivity index (χ0n) is 19.7. The van der Waals surface area contributed by atoms with Gasteiger partial charge in [0.2, 0.25) is 0 Å². The summed E-state index contributed by atoms with van der Waals surface area (Å²) >= 11 is 0. The van der Waals surface area contributed by atoms with Gasteiger partial charge in [-0.15, -0.1) is 0 Å². The fourth-order valence-electron chi connectivity index (χ4n) is 4.47. The first-order chi connectivity index (χ1) is 16.1. The number of imide groups is 1. The Hall–Kier alpha value is -3.77. The van der Waals surface area contributed by atoms with Crippen molar-refractivity contribution in [3.05, 3.63) is 107 Å². The molecule has 34 heavy (non-hydrogen) atoms.